The Morgan fingerprint density at radius 2 is 1.85 bits per heavy atom. The quantitative estimate of drug-likeness (QED) is 0.427. The Kier molecular flexibility index (Phi) is 5.98. The van der Waals surface area contributed by atoms with Crippen LogP contribution in [0.25, 0.3) is 15.9 Å². The second-order valence-corrected chi connectivity index (χ2v) is 10.7. The van der Waals surface area contributed by atoms with Gasteiger partial charge < -0.3 is 14.6 Å². The molecule has 1 aromatic carbocycles. The van der Waals surface area contributed by atoms with Gasteiger partial charge in [-0.05, 0) is 45.4 Å². The lowest BCUT2D eigenvalue weighted by Gasteiger charge is -2.28. The molecule has 4 aromatic rings. The van der Waals surface area contributed by atoms with Gasteiger partial charge in [-0.1, -0.05) is 29.5 Å². The average molecular weight is 483 g/mol. The largest absolute Gasteiger partial charge is 0.378 e. The molecule has 1 fully saturated rings. The summed E-state index contributed by atoms with van der Waals surface area (Å²) in [4.78, 5) is 24.7. The molecule has 1 atom stereocenters. The van der Waals surface area contributed by atoms with Crippen molar-refractivity contribution >= 4 is 39.3 Å². The number of ether oxygens (including phenoxy) is 1. The Bertz CT molecular complexity index is 1350. The maximum atomic E-state index is 12.8. The number of aromatic amines is 1. The van der Waals surface area contributed by atoms with Crippen LogP contribution in [-0.2, 0) is 4.74 Å². The van der Waals surface area contributed by atoms with E-state index >= 15 is 0 Å². The van der Waals surface area contributed by atoms with Gasteiger partial charge in [0.2, 0.25) is 5.95 Å². The fourth-order valence-electron chi connectivity index (χ4n) is 3.90. The Morgan fingerprint density at radius 3 is 2.58 bits per heavy atom. The number of nitrogens with one attached hydrogen (secondary N) is 1. The molecule has 10 heteroatoms. The van der Waals surface area contributed by atoms with E-state index in [1.54, 1.807) is 11.3 Å². The molecule has 8 nitrogen and oxygen atoms in total. The molecule has 1 unspecified atom stereocenters. The van der Waals surface area contributed by atoms with E-state index in [-0.39, 0.29) is 10.8 Å². The van der Waals surface area contributed by atoms with Crippen molar-refractivity contribution in [1.29, 1.82) is 0 Å². The van der Waals surface area contributed by atoms with E-state index in [0.717, 1.165) is 45.2 Å². The standard InChI is InChI=1S/C23H26N6O2S2/c1-13-5-7-17(8-6-13)29-22(28-9-11-31-12-10-28)26-27-23(29)33-16(4)19-24-20(30)18-14(2)15(3)32-21(18)25-19/h5-8,16H,9-12H2,1-4H3,(H,24,25,30). The zero-order valence-corrected chi connectivity index (χ0v) is 20.7. The van der Waals surface area contributed by atoms with Crippen LogP contribution in [0.1, 0.15) is 34.0 Å². The average Bonchev–Trinajstić information content (AvgIpc) is 3.35. The highest BCUT2D eigenvalue weighted by Gasteiger charge is 2.24. The smallest absolute Gasteiger partial charge is 0.259 e. The maximum Gasteiger partial charge on any atom is 0.259 e. The van der Waals surface area contributed by atoms with Crippen molar-refractivity contribution in [3.63, 3.8) is 0 Å². The summed E-state index contributed by atoms with van der Waals surface area (Å²) in [7, 11) is 0. The van der Waals surface area contributed by atoms with Gasteiger partial charge in [-0.2, -0.15) is 0 Å². The lowest BCUT2D eigenvalue weighted by Crippen LogP contribution is -2.37. The highest BCUT2D eigenvalue weighted by atomic mass is 32.2. The molecule has 0 saturated carbocycles. The first kappa shape index (κ1) is 22.1. The van der Waals surface area contributed by atoms with E-state index in [9.17, 15) is 4.79 Å². The number of morpholine rings is 1. The summed E-state index contributed by atoms with van der Waals surface area (Å²) in [5, 5.41) is 10.4. The van der Waals surface area contributed by atoms with Crippen molar-refractivity contribution in [2.45, 2.75) is 38.1 Å². The molecule has 5 rings (SSSR count). The summed E-state index contributed by atoms with van der Waals surface area (Å²) in [5.41, 5.74) is 3.12. The number of fused-ring (bicyclic) bond motifs is 1. The molecule has 0 bridgehead atoms. The third kappa shape index (κ3) is 4.18. The minimum Gasteiger partial charge on any atom is -0.378 e. The van der Waals surface area contributed by atoms with Crippen molar-refractivity contribution in [2.75, 3.05) is 31.2 Å². The Labute approximate surface area is 200 Å². The van der Waals surface area contributed by atoms with Crippen molar-refractivity contribution in [3.05, 3.63) is 56.4 Å². The summed E-state index contributed by atoms with van der Waals surface area (Å²) in [6.45, 7) is 11.0. The van der Waals surface area contributed by atoms with E-state index < -0.39 is 0 Å². The first-order valence-electron chi connectivity index (χ1n) is 10.9. The van der Waals surface area contributed by atoms with Crippen LogP contribution in [0, 0.1) is 20.8 Å². The molecule has 4 heterocycles. The highest BCUT2D eigenvalue weighted by Crippen LogP contribution is 2.36. The van der Waals surface area contributed by atoms with Gasteiger partial charge >= 0.3 is 0 Å². The normalized spacial score (nSPS) is 15.3. The van der Waals surface area contributed by atoms with Crippen LogP contribution in [-0.4, -0.2) is 51.0 Å². The summed E-state index contributed by atoms with van der Waals surface area (Å²) in [6.07, 6.45) is 0. The first-order chi connectivity index (χ1) is 15.9. The molecule has 1 saturated heterocycles. The second kappa shape index (κ2) is 8.92. The zero-order valence-electron chi connectivity index (χ0n) is 19.1. The molecule has 0 amide bonds. The maximum absolute atomic E-state index is 12.8. The first-order valence-corrected chi connectivity index (χ1v) is 12.6. The van der Waals surface area contributed by atoms with E-state index in [2.05, 4.69) is 55.8 Å². The second-order valence-electron chi connectivity index (χ2n) is 8.23. The van der Waals surface area contributed by atoms with Crippen LogP contribution in [0.4, 0.5) is 5.95 Å². The van der Waals surface area contributed by atoms with Gasteiger partial charge in [0.15, 0.2) is 5.16 Å². The summed E-state index contributed by atoms with van der Waals surface area (Å²) >= 11 is 3.10. The molecule has 1 aliphatic rings. The van der Waals surface area contributed by atoms with Crippen molar-refractivity contribution < 1.29 is 4.74 Å². The Hall–Kier alpha value is -2.69. The molecule has 172 valence electrons. The molecule has 33 heavy (non-hydrogen) atoms. The van der Waals surface area contributed by atoms with Crippen molar-refractivity contribution in [3.8, 4) is 5.69 Å². The number of nitrogens with zero attached hydrogens (tertiary/aromatic N) is 5. The monoisotopic (exact) mass is 482 g/mol. The molecule has 0 aliphatic carbocycles. The number of hydrogen-bond donors (Lipinski definition) is 1. The SMILES string of the molecule is Cc1ccc(-n2c(SC(C)c3nc4sc(C)c(C)c4c(=O)[nH]3)nnc2N2CCOCC2)cc1. The van der Waals surface area contributed by atoms with E-state index in [1.807, 2.05) is 20.8 Å². The zero-order chi connectivity index (χ0) is 23.1. The van der Waals surface area contributed by atoms with Gasteiger partial charge in [0.05, 0.1) is 29.5 Å². The lowest BCUT2D eigenvalue weighted by atomic mass is 10.2. The van der Waals surface area contributed by atoms with Gasteiger partial charge in [-0.25, -0.2) is 4.98 Å². The van der Waals surface area contributed by atoms with Crippen LogP contribution in [0.5, 0.6) is 0 Å². The third-order valence-corrected chi connectivity index (χ3v) is 8.08. The van der Waals surface area contributed by atoms with Gasteiger partial charge in [-0.15, -0.1) is 21.5 Å². The molecule has 1 N–H and O–H groups in total. The summed E-state index contributed by atoms with van der Waals surface area (Å²) in [6, 6.07) is 8.34. The number of thioether (sulfide) groups is 1. The fraction of sp³-hybridized carbons (Fsp3) is 0.391. The minimum atomic E-state index is -0.115. The number of hydrogen-bond acceptors (Lipinski definition) is 8. The number of aryl methyl sites for hydroxylation is 3. The van der Waals surface area contributed by atoms with E-state index in [0.29, 0.717) is 24.4 Å². The van der Waals surface area contributed by atoms with E-state index in [4.69, 9.17) is 9.72 Å². The predicted molar refractivity (Wildman–Crippen MR) is 133 cm³/mol. The molecule has 3 aromatic heterocycles. The van der Waals surface area contributed by atoms with Crippen LogP contribution in [0.3, 0.4) is 0 Å². The number of aromatic nitrogens is 5. The molecular weight excluding hydrogens is 456 g/mol. The van der Waals surface area contributed by atoms with Crippen molar-refractivity contribution in [2.24, 2.45) is 0 Å². The van der Waals surface area contributed by atoms with Gasteiger partial charge in [0, 0.05) is 18.0 Å². The number of benzene rings is 1. The molecular formula is C23H26N6O2S2. The topological polar surface area (TPSA) is 88.9 Å². The van der Waals surface area contributed by atoms with Crippen LogP contribution in [0.2, 0.25) is 0 Å². The predicted octanol–water partition coefficient (Wildman–Crippen LogP) is 4.18. The highest BCUT2D eigenvalue weighted by molar-refractivity contribution is 7.99. The minimum absolute atomic E-state index is 0.0849. The molecule has 1 aliphatic heterocycles. The Balaban J connectivity index is 1.52. The van der Waals surface area contributed by atoms with Crippen LogP contribution in [0.15, 0.2) is 34.2 Å². The number of rotatable bonds is 5. The lowest BCUT2D eigenvalue weighted by molar-refractivity contribution is 0.122. The van der Waals surface area contributed by atoms with Gasteiger partial charge in [-0.3, -0.25) is 9.36 Å². The van der Waals surface area contributed by atoms with Gasteiger partial charge in [0.1, 0.15) is 10.7 Å². The van der Waals surface area contributed by atoms with Crippen molar-refractivity contribution in [1.82, 2.24) is 24.7 Å². The van der Waals surface area contributed by atoms with Gasteiger partial charge in [0.25, 0.3) is 5.56 Å². The number of H-pyrrole nitrogens is 1. The summed E-state index contributed by atoms with van der Waals surface area (Å²) < 4.78 is 7.61. The fourth-order valence-corrected chi connectivity index (χ4v) is 5.86. The summed E-state index contributed by atoms with van der Waals surface area (Å²) in [5.74, 6) is 1.45. The Morgan fingerprint density at radius 1 is 1.12 bits per heavy atom. The van der Waals surface area contributed by atoms with E-state index in [1.165, 1.54) is 17.3 Å². The number of thiophene rings is 1. The number of anilines is 1. The molecule has 0 spiro atoms. The molecule has 0 radical (unpaired) electrons. The van der Waals surface area contributed by atoms with Crippen LogP contribution >= 0.6 is 23.1 Å². The third-order valence-electron chi connectivity index (χ3n) is 5.93. The van der Waals surface area contributed by atoms with Crippen LogP contribution < -0.4 is 10.5 Å².